The summed E-state index contributed by atoms with van der Waals surface area (Å²) in [4.78, 5) is 38.0. The molecule has 3 aromatic rings. The van der Waals surface area contributed by atoms with Gasteiger partial charge >= 0.3 is 0 Å². The number of pyridine rings is 1. The number of hydrogen-bond donors (Lipinski definition) is 1. The predicted molar refractivity (Wildman–Crippen MR) is 127 cm³/mol. The summed E-state index contributed by atoms with van der Waals surface area (Å²) in [6, 6.07) is 13.6. The standard InChI is InChI=1S/C24H27N5O2S/c1-2-18-7-3-4-8-20(18)27-22(30)16-28-11-13-29(14-12-28)23(31)15-19-17-32-24(26-19)21-9-5-6-10-25-21/h3-10,17H,2,11-16H2,1H3,(H,27,30). The molecule has 1 N–H and O–H groups in total. The quantitative estimate of drug-likeness (QED) is 0.600. The van der Waals surface area contributed by atoms with Crippen LogP contribution in [0.2, 0.25) is 0 Å². The summed E-state index contributed by atoms with van der Waals surface area (Å²) in [6.07, 6.45) is 2.90. The lowest BCUT2D eigenvalue weighted by Gasteiger charge is -2.34. The van der Waals surface area contributed by atoms with Crippen molar-refractivity contribution in [2.75, 3.05) is 38.0 Å². The molecule has 1 fully saturated rings. The third kappa shape index (κ3) is 5.57. The highest BCUT2D eigenvalue weighted by Gasteiger charge is 2.23. The lowest BCUT2D eigenvalue weighted by Crippen LogP contribution is -2.50. The van der Waals surface area contributed by atoms with E-state index in [1.54, 1.807) is 6.20 Å². The summed E-state index contributed by atoms with van der Waals surface area (Å²) in [5.74, 6) is 0.0547. The zero-order valence-electron chi connectivity index (χ0n) is 18.2. The molecule has 8 heteroatoms. The molecule has 3 heterocycles. The SMILES string of the molecule is CCc1ccccc1NC(=O)CN1CCN(C(=O)Cc2csc(-c3ccccn3)n2)CC1. The zero-order chi connectivity index (χ0) is 22.3. The molecule has 32 heavy (non-hydrogen) atoms. The average molecular weight is 450 g/mol. The van der Waals surface area contributed by atoms with Gasteiger partial charge in [-0.15, -0.1) is 11.3 Å². The third-order valence-electron chi connectivity index (χ3n) is 5.53. The van der Waals surface area contributed by atoms with Crippen LogP contribution in [0, 0.1) is 0 Å². The van der Waals surface area contributed by atoms with E-state index in [9.17, 15) is 9.59 Å². The predicted octanol–water partition coefficient (Wildman–Crippen LogP) is 3.09. The van der Waals surface area contributed by atoms with Crippen molar-refractivity contribution >= 4 is 28.8 Å². The maximum absolute atomic E-state index is 12.7. The Morgan fingerprint density at radius 3 is 2.59 bits per heavy atom. The fourth-order valence-electron chi connectivity index (χ4n) is 3.76. The molecule has 4 rings (SSSR count). The molecule has 2 amide bonds. The largest absolute Gasteiger partial charge is 0.340 e. The Kier molecular flexibility index (Phi) is 7.24. The topological polar surface area (TPSA) is 78.4 Å². The highest BCUT2D eigenvalue weighted by Crippen LogP contribution is 2.22. The maximum atomic E-state index is 12.7. The first-order valence-electron chi connectivity index (χ1n) is 10.9. The zero-order valence-corrected chi connectivity index (χ0v) is 19.0. The molecule has 1 aromatic carbocycles. The molecule has 0 bridgehead atoms. The van der Waals surface area contributed by atoms with Gasteiger partial charge in [-0.25, -0.2) is 4.98 Å². The number of aromatic nitrogens is 2. The molecule has 2 aromatic heterocycles. The summed E-state index contributed by atoms with van der Waals surface area (Å²) in [5.41, 5.74) is 3.60. The van der Waals surface area contributed by atoms with Gasteiger partial charge < -0.3 is 10.2 Å². The maximum Gasteiger partial charge on any atom is 0.238 e. The number of para-hydroxylation sites is 1. The van der Waals surface area contributed by atoms with Crippen molar-refractivity contribution < 1.29 is 9.59 Å². The number of rotatable bonds is 7. The molecule has 166 valence electrons. The molecular weight excluding hydrogens is 422 g/mol. The van der Waals surface area contributed by atoms with Gasteiger partial charge in [-0.2, -0.15) is 0 Å². The van der Waals surface area contributed by atoms with E-state index in [1.165, 1.54) is 11.3 Å². The van der Waals surface area contributed by atoms with E-state index < -0.39 is 0 Å². The normalized spacial score (nSPS) is 14.3. The molecule has 0 saturated carbocycles. The van der Waals surface area contributed by atoms with Gasteiger partial charge in [0.1, 0.15) is 5.01 Å². The number of amides is 2. The van der Waals surface area contributed by atoms with Crippen molar-refractivity contribution in [3.8, 4) is 10.7 Å². The van der Waals surface area contributed by atoms with E-state index in [0.29, 0.717) is 32.7 Å². The van der Waals surface area contributed by atoms with Gasteiger partial charge in [-0.05, 0) is 30.2 Å². The minimum Gasteiger partial charge on any atom is -0.340 e. The molecule has 0 atom stereocenters. The number of thiazole rings is 1. The van der Waals surface area contributed by atoms with Crippen LogP contribution in [0.4, 0.5) is 5.69 Å². The van der Waals surface area contributed by atoms with Gasteiger partial charge in [0.2, 0.25) is 11.8 Å². The molecule has 7 nitrogen and oxygen atoms in total. The molecule has 0 aliphatic carbocycles. The number of nitrogens with zero attached hydrogens (tertiary/aromatic N) is 4. The molecule has 0 unspecified atom stereocenters. The van der Waals surface area contributed by atoms with Crippen molar-refractivity contribution in [2.45, 2.75) is 19.8 Å². The van der Waals surface area contributed by atoms with Crippen LogP contribution >= 0.6 is 11.3 Å². The lowest BCUT2D eigenvalue weighted by atomic mass is 10.1. The molecule has 1 saturated heterocycles. The van der Waals surface area contributed by atoms with E-state index in [2.05, 4.69) is 27.1 Å². The fourth-order valence-corrected chi connectivity index (χ4v) is 4.56. The summed E-state index contributed by atoms with van der Waals surface area (Å²) in [7, 11) is 0. The Labute approximate surface area is 192 Å². The second kappa shape index (κ2) is 10.5. The summed E-state index contributed by atoms with van der Waals surface area (Å²) in [5, 5.41) is 5.77. The number of aryl methyl sites for hydroxylation is 1. The van der Waals surface area contributed by atoms with Crippen molar-refractivity contribution in [2.24, 2.45) is 0 Å². The van der Waals surface area contributed by atoms with Gasteiger partial charge in [0.25, 0.3) is 0 Å². The van der Waals surface area contributed by atoms with Crippen LogP contribution in [0.3, 0.4) is 0 Å². The first kappa shape index (κ1) is 22.1. The fraction of sp³-hybridized carbons (Fsp3) is 0.333. The third-order valence-corrected chi connectivity index (χ3v) is 6.45. The summed E-state index contributed by atoms with van der Waals surface area (Å²) >= 11 is 1.50. The average Bonchev–Trinajstić information content (AvgIpc) is 3.29. The molecule has 0 spiro atoms. The Morgan fingerprint density at radius 2 is 1.84 bits per heavy atom. The van der Waals surface area contributed by atoms with Crippen LogP contribution in [-0.4, -0.2) is 64.3 Å². The Balaban J connectivity index is 1.24. The van der Waals surface area contributed by atoms with Crippen molar-refractivity contribution in [1.29, 1.82) is 0 Å². The Bertz CT molecular complexity index is 1060. The summed E-state index contributed by atoms with van der Waals surface area (Å²) < 4.78 is 0. The van der Waals surface area contributed by atoms with Crippen LogP contribution in [0.5, 0.6) is 0 Å². The van der Waals surface area contributed by atoms with Crippen LogP contribution < -0.4 is 5.32 Å². The monoisotopic (exact) mass is 449 g/mol. The van der Waals surface area contributed by atoms with Crippen LogP contribution in [-0.2, 0) is 22.4 Å². The second-order valence-corrected chi connectivity index (χ2v) is 8.61. The van der Waals surface area contributed by atoms with Gasteiger partial charge in [0.15, 0.2) is 0 Å². The number of nitrogens with one attached hydrogen (secondary N) is 1. The summed E-state index contributed by atoms with van der Waals surface area (Å²) in [6.45, 7) is 5.02. The molecule has 1 aliphatic heterocycles. The van der Waals surface area contributed by atoms with E-state index >= 15 is 0 Å². The molecule has 1 aliphatic rings. The second-order valence-electron chi connectivity index (χ2n) is 7.75. The van der Waals surface area contributed by atoms with Gasteiger partial charge in [0, 0.05) is 43.4 Å². The minimum atomic E-state index is -0.0183. The number of carbonyl (C=O) groups excluding carboxylic acids is 2. The van der Waals surface area contributed by atoms with Crippen molar-refractivity contribution in [1.82, 2.24) is 19.8 Å². The van der Waals surface area contributed by atoms with E-state index in [-0.39, 0.29) is 18.2 Å². The van der Waals surface area contributed by atoms with Crippen molar-refractivity contribution in [3.63, 3.8) is 0 Å². The minimum absolute atomic E-state index is 0.0183. The number of benzene rings is 1. The smallest absolute Gasteiger partial charge is 0.238 e. The number of hydrogen-bond acceptors (Lipinski definition) is 6. The first-order chi connectivity index (χ1) is 15.6. The number of carbonyl (C=O) groups is 2. The highest BCUT2D eigenvalue weighted by atomic mass is 32.1. The Morgan fingerprint density at radius 1 is 1.06 bits per heavy atom. The van der Waals surface area contributed by atoms with Gasteiger partial charge in [0.05, 0.1) is 24.4 Å². The van der Waals surface area contributed by atoms with Crippen LogP contribution in [0.1, 0.15) is 18.2 Å². The number of piperazine rings is 1. The molecular formula is C24H27N5O2S. The first-order valence-corrected chi connectivity index (χ1v) is 11.7. The molecule has 0 radical (unpaired) electrons. The highest BCUT2D eigenvalue weighted by molar-refractivity contribution is 7.13. The Hall–Kier alpha value is -3.10. The van der Waals surface area contributed by atoms with E-state index in [4.69, 9.17) is 0 Å². The van der Waals surface area contributed by atoms with Crippen molar-refractivity contribution in [3.05, 3.63) is 65.3 Å². The lowest BCUT2D eigenvalue weighted by molar-refractivity contribution is -0.132. The van der Waals surface area contributed by atoms with E-state index in [1.807, 2.05) is 52.7 Å². The van der Waals surface area contributed by atoms with E-state index in [0.717, 1.165) is 34.1 Å². The number of anilines is 1. The van der Waals surface area contributed by atoms with Gasteiger partial charge in [-0.1, -0.05) is 31.2 Å². The van der Waals surface area contributed by atoms with Crippen LogP contribution in [0.25, 0.3) is 10.7 Å². The van der Waals surface area contributed by atoms with Crippen LogP contribution in [0.15, 0.2) is 54.0 Å². The van der Waals surface area contributed by atoms with Gasteiger partial charge in [-0.3, -0.25) is 19.5 Å².